The second kappa shape index (κ2) is 8.02. The Morgan fingerprint density at radius 1 is 1.11 bits per heavy atom. The number of ketones is 1. The van der Waals surface area contributed by atoms with Crippen molar-refractivity contribution in [2.45, 2.75) is 25.8 Å². The molecule has 1 saturated heterocycles. The first-order valence-electron chi connectivity index (χ1n) is 9.64. The van der Waals surface area contributed by atoms with Crippen LogP contribution in [0.15, 0.2) is 42.5 Å². The SMILES string of the molecule is CC(=O)c1cccc(NC(=O)CN2CCCC2c2ccc3c(c2)OCCO3)c1. The molecule has 4 rings (SSSR count). The Kier molecular flexibility index (Phi) is 5.30. The highest BCUT2D eigenvalue weighted by molar-refractivity contribution is 5.97. The fraction of sp³-hybridized carbons (Fsp3) is 0.364. The second-order valence-electron chi connectivity index (χ2n) is 7.22. The van der Waals surface area contributed by atoms with Crippen molar-refractivity contribution in [1.29, 1.82) is 0 Å². The van der Waals surface area contributed by atoms with Crippen molar-refractivity contribution in [2.75, 3.05) is 31.6 Å². The summed E-state index contributed by atoms with van der Waals surface area (Å²) in [6, 6.07) is 13.3. The van der Waals surface area contributed by atoms with Gasteiger partial charge >= 0.3 is 0 Å². The van der Waals surface area contributed by atoms with Gasteiger partial charge in [-0.05, 0) is 56.1 Å². The molecule has 2 heterocycles. The molecule has 0 aromatic heterocycles. The third kappa shape index (κ3) is 4.02. The lowest BCUT2D eigenvalue weighted by Gasteiger charge is -2.26. The van der Waals surface area contributed by atoms with E-state index in [-0.39, 0.29) is 17.7 Å². The van der Waals surface area contributed by atoms with E-state index in [1.54, 1.807) is 24.3 Å². The Morgan fingerprint density at radius 3 is 2.75 bits per heavy atom. The quantitative estimate of drug-likeness (QED) is 0.805. The topological polar surface area (TPSA) is 67.9 Å². The van der Waals surface area contributed by atoms with Gasteiger partial charge in [-0.2, -0.15) is 0 Å². The number of benzene rings is 2. The Morgan fingerprint density at radius 2 is 1.93 bits per heavy atom. The molecule has 0 bridgehead atoms. The number of ether oxygens (including phenoxy) is 2. The zero-order chi connectivity index (χ0) is 19.5. The Bertz CT molecular complexity index is 896. The lowest BCUT2D eigenvalue weighted by atomic mass is 10.0. The van der Waals surface area contributed by atoms with Gasteiger partial charge in [0.05, 0.1) is 6.54 Å². The maximum atomic E-state index is 12.6. The minimum atomic E-state index is -0.0786. The van der Waals surface area contributed by atoms with Gasteiger partial charge in [-0.25, -0.2) is 0 Å². The van der Waals surface area contributed by atoms with E-state index in [0.29, 0.717) is 31.0 Å². The standard InChI is InChI=1S/C22H24N2O4/c1-15(25)16-4-2-5-18(12-16)23-22(26)14-24-9-3-6-19(24)17-7-8-20-21(13-17)28-11-10-27-20/h2,4-5,7-8,12-13,19H,3,6,9-11,14H2,1H3,(H,23,26). The number of rotatable bonds is 5. The molecular formula is C22H24N2O4. The maximum Gasteiger partial charge on any atom is 0.238 e. The van der Waals surface area contributed by atoms with E-state index in [1.807, 2.05) is 12.1 Å². The fourth-order valence-corrected chi connectivity index (χ4v) is 3.86. The average molecular weight is 380 g/mol. The van der Waals surface area contributed by atoms with Gasteiger partial charge in [0.15, 0.2) is 17.3 Å². The Hall–Kier alpha value is -2.86. The molecule has 28 heavy (non-hydrogen) atoms. The van der Waals surface area contributed by atoms with Gasteiger partial charge < -0.3 is 14.8 Å². The summed E-state index contributed by atoms with van der Waals surface area (Å²) in [7, 11) is 0. The van der Waals surface area contributed by atoms with E-state index >= 15 is 0 Å². The van der Waals surface area contributed by atoms with Crippen LogP contribution in [-0.4, -0.2) is 42.9 Å². The summed E-state index contributed by atoms with van der Waals surface area (Å²) in [6.07, 6.45) is 2.05. The van der Waals surface area contributed by atoms with Gasteiger partial charge in [0.25, 0.3) is 0 Å². The number of nitrogens with zero attached hydrogens (tertiary/aromatic N) is 1. The van der Waals surface area contributed by atoms with Crippen LogP contribution in [-0.2, 0) is 4.79 Å². The molecule has 6 nitrogen and oxygen atoms in total. The lowest BCUT2D eigenvalue weighted by Crippen LogP contribution is -2.33. The van der Waals surface area contributed by atoms with Crippen molar-refractivity contribution in [3.05, 3.63) is 53.6 Å². The molecule has 1 fully saturated rings. The molecule has 2 aliphatic heterocycles. The number of fused-ring (bicyclic) bond motifs is 1. The van der Waals surface area contributed by atoms with Gasteiger partial charge in [0, 0.05) is 17.3 Å². The zero-order valence-electron chi connectivity index (χ0n) is 15.9. The highest BCUT2D eigenvalue weighted by atomic mass is 16.6. The van der Waals surface area contributed by atoms with Gasteiger partial charge in [-0.1, -0.05) is 18.2 Å². The van der Waals surface area contributed by atoms with E-state index in [2.05, 4.69) is 16.3 Å². The molecule has 0 radical (unpaired) electrons. The first kappa shape index (κ1) is 18.5. The summed E-state index contributed by atoms with van der Waals surface area (Å²) in [6.45, 7) is 3.84. The van der Waals surface area contributed by atoms with Crippen molar-refractivity contribution in [2.24, 2.45) is 0 Å². The van der Waals surface area contributed by atoms with Crippen LogP contribution in [0.4, 0.5) is 5.69 Å². The van der Waals surface area contributed by atoms with Crippen LogP contribution in [0, 0.1) is 0 Å². The van der Waals surface area contributed by atoms with Gasteiger partial charge in [-0.3, -0.25) is 14.5 Å². The number of nitrogens with one attached hydrogen (secondary N) is 1. The van der Waals surface area contributed by atoms with Crippen molar-refractivity contribution in [3.63, 3.8) is 0 Å². The van der Waals surface area contributed by atoms with Crippen LogP contribution >= 0.6 is 0 Å². The molecular weight excluding hydrogens is 356 g/mol. The molecule has 2 aromatic carbocycles. The molecule has 0 aliphatic carbocycles. The zero-order valence-corrected chi connectivity index (χ0v) is 15.9. The molecule has 0 spiro atoms. The number of Topliss-reactive ketones (excluding diaryl/α,β-unsaturated/α-hetero) is 1. The Labute approximate surface area is 164 Å². The monoisotopic (exact) mass is 380 g/mol. The molecule has 1 unspecified atom stereocenters. The average Bonchev–Trinajstić information content (AvgIpc) is 3.15. The first-order valence-corrected chi connectivity index (χ1v) is 9.64. The van der Waals surface area contributed by atoms with Crippen molar-refractivity contribution >= 4 is 17.4 Å². The minimum absolute atomic E-state index is 0.0192. The maximum absolute atomic E-state index is 12.6. The van der Waals surface area contributed by atoms with Crippen LogP contribution in [0.2, 0.25) is 0 Å². The molecule has 1 N–H and O–H groups in total. The highest BCUT2D eigenvalue weighted by Crippen LogP contribution is 2.37. The molecule has 1 atom stereocenters. The predicted molar refractivity (Wildman–Crippen MR) is 106 cm³/mol. The van der Waals surface area contributed by atoms with Crippen molar-refractivity contribution in [1.82, 2.24) is 4.90 Å². The summed E-state index contributed by atoms with van der Waals surface area (Å²) < 4.78 is 11.3. The molecule has 2 aliphatic rings. The van der Waals surface area contributed by atoms with E-state index in [9.17, 15) is 9.59 Å². The third-order valence-electron chi connectivity index (χ3n) is 5.21. The van der Waals surface area contributed by atoms with Gasteiger partial charge in [0.2, 0.25) is 5.91 Å². The molecule has 2 aromatic rings. The predicted octanol–water partition coefficient (Wildman–Crippen LogP) is 3.44. The van der Waals surface area contributed by atoms with E-state index in [0.717, 1.165) is 36.4 Å². The Balaban J connectivity index is 1.43. The molecule has 146 valence electrons. The number of carbonyl (C=O) groups is 2. The summed E-state index contributed by atoms with van der Waals surface area (Å²) in [4.78, 5) is 26.3. The fourth-order valence-electron chi connectivity index (χ4n) is 3.86. The van der Waals surface area contributed by atoms with Gasteiger partial charge in [0.1, 0.15) is 13.2 Å². The normalized spacial score (nSPS) is 18.7. The number of amides is 1. The van der Waals surface area contributed by atoms with Crippen LogP contribution < -0.4 is 14.8 Å². The van der Waals surface area contributed by atoms with Crippen LogP contribution in [0.25, 0.3) is 0 Å². The number of carbonyl (C=O) groups excluding carboxylic acids is 2. The lowest BCUT2D eigenvalue weighted by molar-refractivity contribution is -0.117. The van der Waals surface area contributed by atoms with Crippen LogP contribution in [0.5, 0.6) is 11.5 Å². The third-order valence-corrected chi connectivity index (χ3v) is 5.21. The van der Waals surface area contributed by atoms with Crippen LogP contribution in [0.3, 0.4) is 0 Å². The molecule has 0 saturated carbocycles. The molecule has 6 heteroatoms. The van der Waals surface area contributed by atoms with Crippen molar-refractivity contribution < 1.29 is 19.1 Å². The van der Waals surface area contributed by atoms with E-state index in [4.69, 9.17) is 9.47 Å². The smallest absolute Gasteiger partial charge is 0.238 e. The molecule has 1 amide bonds. The summed E-state index contributed by atoms with van der Waals surface area (Å²) in [5, 5.41) is 2.91. The summed E-state index contributed by atoms with van der Waals surface area (Å²) in [5.41, 5.74) is 2.38. The number of anilines is 1. The number of hydrogen-bond acceptors (Lipinski definition) is 5. The summed E-state index contributed by atoms with van der Waals surface area (Å²) >= 11 is 0. The van der Waals surface area contributed by atoms with E-state index in [1.165, 1.54) is 6.92 Å². The second-order valence-corrected chi connectivity index (χ2v) is 7.22. The van der Waals surface area contributed by atoms with Crippen molar-refractivity contribution in [3.8, 4) is 11.5 Å². The first-order chi connectivity index (χ1) is 13.6. The number of likely N-dealkylation sites (tertiary alicyclic amines) is 1. The largest absolute Gasteiger partial charge is 0.486 e. The van der Waals surface area contributed by atoms with Gasteiger partial charge in [-0.15, -0.1) is 0 Å². The minimum Gasteiger partial charge on any atom is -0.486 e. The van der Waals surface area contributed by atoms with Crippen LogP contribution in [0.1, 0.15) is 41.7 Å². The highest BCUT2D eigenvalue weighted by Gasteiger charge is 2.28. The summed E-state index contributed by atoms with van der Waals surface area (Å²) in [5.74, 6) is 1.46. The number of hydrogen-bond donors (Lipinski definition) is 1. The van der Waals surface area contributed by atoms with E-state index < -0.39 is 0 Å².